The Labute approximate surface area is 139 Å². The van der Waals surface area contributed by atoms with Gasteiger partial charge in [0.15, 0.2) is 0 Å². The summed E-state index contributed by atoms with van der Waals surface area (Å²) in [6.07, 6.45) is 0. The molecule has 23 heavy (non-hydrogen) atoms. The number of carbonyl (C=O) groups is 1. The first-order valence-electron chi connectivity index (χ1n) is 7.45. The lowest BCUT2D eigenvalue weighted by molar-refractivity contribution is -0.0122. The molecule has 6 heteroatoms. The number of morpholine rings is 1. The van der Waals surface area contributed by atoms with Gasteiger partial charge in [0.1, 0.15) is 10.6 Å². The molecule has 1 aromatic carbocycles. The number of carboxylic acids is 1. The quantitative estimate of drug-likeness (QED) is 0.911. The molecule has 1 N–H and O–H groups in total. The molecule has 0 radical (unpaired) electrons. The summed E-state index contributed by atoms with van der Waals surface area (Å²) in [5.41, 5.74) is 1.18. The molecular formula is C17H19NO4S. The molecule has 0 saturated carbocycles. The number of aromatic carboxylic acids is 1. The van der Waals surface area contributed by atoms with E-state index < -0.39 is 5.97 Å². The lowest BCUT2D eigenvalue weighted by atomic mass is 10.0. The second-order valence-electron chi connectivity index (χ2n) is 5.41. The van der Waals surface area contributed by atoms with Crippen LogP contribution in [0.3, 0.4) is 0 Å². The maximum Gasteiger partial charge on any atom is 0.345 e. The van der Waals surface area contributed by atoms with Crippen LogP contribution in [0.4, 0.5) is 0 Å². The standard InChI is InChI=1S/C17H19NO4S/c1-21-13-4-2-12(3-5-13)15-11-22-9-8-18(15)10-14-6-7-16(23-14)17(19)20/h2-7,15H,8-11H2,1H3,(H,19,20). The predicted molar refractivity (Wildman–Crippen MR) is 88.2 cm³/mol. The number of rotatable bonds is 5. The molecule has 122 valence electrons. The lowest BCUT2D eigenvalue weighted by Crippen LogP contribution is -2.38. The SMILES string of the molecule is COc1ccc(C2COCCN2Cc2ccc(C(=O)O)s2)cc1. The Balaban J connectivity index is 1.76. The van der Waals surface area contributed by atoms with Crippen LogP contribution < -0.4 is 4.74 Å². The van der Waals surface area contributed by atoms with E-state index in [0.29, 0.717) is 18.1 Å². The zero-order valence-electron chi connectivity index (χ0n) is 12.9. The van der Waals surface area contributed by atoms with Crippen molar-refractivity contribution >= 4 is 17.3 Å². The van der Waals surface area contributed by atoms with E-state index in [0.717, 1.165) is 23.7 Å². The highest BCUT2D eigenvalue weighted by atomic mass is 32.1. The minimum Gasteiger partial charge on any atom is -0.497 e. The van der Waals surface area contributed by atoms with Crippen molar-refractivity contribution in [2.24, 2.45) is 0 Å². The molecule has 0 amide bonds. The van der Waals surface area contributed by atoms with Gasteiger partial charge in [-0.2, -0.15) is 0 Å². The van der Waals surface area contributed by atoms with Gasteiger partial charge < -0.3 is 14.6 Å². The zero-order valence-corrected chi connectivity index (χ0v) is 13.7. The second-order valence-corrected chi connectivity index (χ2v) is 6.57. The van der Waals surface area contributed by atoms with Crippen molar-refractivity contribution in [3.05, 3.63) is 51.7 Å². The Morgan fingerprint density at radius 3 is 2.78 bits per heavy atom. The van der Waals surface area contributed by atoms with Crippen molar-refractivity contribution in [3.63, 3.8) is 0 Å². The summed E-state index contributed by atoms with van der Waals surface area (Å²) < 4.78 is 10.8. The highest BCUT2D eigenvalue weighted by Gasteiger charge is 2.25. The molecule has 2 aromatic rings. The van der Waals surface area contributed by atoms with Crippen molar-refractivity contribution in [2.45, 2.75) is 12.6 Å². The van der Waals surface area contributed by atoms with E-state index in [2.05, 4.69) is 17.0 Å². The molecule has 0 aliphatic carbocycles. The molecule has 5 nitrogen and oxygen atoms in total. The van der Waals surface area contributed by atoms with Crippen LogP contribution in [0.5, 0.6) is 5.75 Å². The van der Waals surface area contributed by atoms with E-state index in [1.807, 2.05) is 18.2 Å². The molecule has 3 rings (SSSR count). The molecule has 2 heterocycles. The maximum atomic E-state index is 11.0. The van der Waals surface area contributed by atoms with Gasteiger partial charge in [-0.3, -0.25) is 4.90 Å². The van der Waals surface area contributed by atoms with E-state index in [-0.39, 0.29) is 6.04 Å². The highest BCUT2D eigenvalue weighted by Crippen LogP contribution is 2.29. The van der Waals surface area contributed by atoms with Gasteiger partial charge in [0, 0.05) is 18.0 Å². The minimum absolute atomic E-state index is 0.171. The van der Waals surface area contributed by atoms with Crippen LogP contribution in [0.2, 0.25) is 0 Å². The van der Waals surface area contributed by atoms with Crippen LogP contribution in [-0.2, 0) is 11.3 Å². The van der Waals surface area contributed by atoms with Crippen LogP contribution in [0.15, 0.2) is 36.4 Å². The fourth-order valence-electron chi connectivity index (χ4n) is 2.74. The van der Waals surface area contributed by atoms with Crippen LogP contribution in [-0.4, -0.2) is 42.8 Å². The van der Waals surface area contributed by atoms with Gasteiger partial charge in [0.05, 0.1) is 26.4 Å². The fraction of sp³-hybridized carbons (Fsp3) is 0.353. The van der Waals surface area contributed by atoms with Crippen molar-refractivity contribution in [3.8, 4) is 5.75 Å². The number of benzene rings is 1. The van der Waals surface area contributed by atoms with Gasteiger partial charge in [-0.15, -0.1) is 11.3 Å². The lowest BCUT2D eigenvalue weighted by Gasteiger charge is -2.35. The molecule has 0 spiro atoms. The van der Waals surface area contributed by atoms with Gasteiger partial charge >= 0.3 is 5.97 Å². The predicted octanol–water partition coefficient (Wildman–Crippen LogP) is 3.03. The van der Waals surface area contributed by atoms with E-state index in [4.69, 9.17) is 14.6 Å². The Bertz CT molecular complexity index is 667. The molecule has 1 atom stereocenters. The largest absolute Gasteiger partial charge is 0.497 e. The Morgan fingerprint density at radius 1 is 1.35 bits per heavy atom. The summed E-state index contributed by atoms with van der Waals surface area (Å²) >= 11 is 1.34. The van der Waals surface area contributed by atoms with E-state index >= 15 is 0 Å². The molecular weight excluding hydrogens is 314 g/mol. The summed E-state index contributed by atoms with van der Waals surface area (Å²) in [5, 5.41) is 9.05. The number of thiophene rings is 1. The third kappa shape index (κ3) is 3.72. The Morgan fingerprint density at radius 2 is 2.13 bits per heavy atom. The molecule has 1 aliphatic heterocycles. The topological polar surface area (TPSA) is 59.0 Å². The smallest absolute Gasteiger partial charge is 0.345 e. The zero-order chi connectivity index (χ0) is 16.2. The maximum absolute atomic E-state index is 11.0. The van der Waals surface area contributed by atoms with Crippen molar-refractivity contribution in [1.29, 1.82) is 0 Å². The fourth-order valence-corrected chi connectivity index (χ4v) is 3.61. The molecule has 1 saturated heterocycles. The number of hydrogen-bond acceptors (Lipinski definition) is 5. The third-order valence-electron chi connectivity index (χ3n) is 3.97. The summed E-state index contributed by atoms with van der Waals surface area (Å²) in [5.74, 6) is -0.0312. The van der Waals surface area contributed by atoms with E-state index in [9.17, 15) is 4.79 Å². The Kier molecular flexibility index (Phi) is 4.95. The van der Waals surface area contributed by atoms with E-state index in [1.165, 1.54) is 16.9 Å². The van der Waals surface area contributed by atoms with Crippen LogP contribution in [0.25, 0.3) is 0 Å². The summed E-state index contributed by atoms with van der Waals surface area (Å²) in [7, 11) is 1.65. The molecule has 1 unspecified atom stereocenters. The number of carboxylic acid groups (broad SMARTS) is 1. The van der Waals surface area contributed by atoms with Crippen LogP contribution >= 0.6 is 11.3 Å². The number of nitrogens with zero attached hydrogens (tertiary/aromatic N) is 1. The highest BCUT2D eigenvalue weighted by molar-refractivity contribution is 7.13. The number of ether oxygens (including phenoxy) is 2. The van der Waals surface area contributed by atoms with Crippen LogP contribution in [0, 0.1) is 0 Å². The van der Waals surface area contributed by atoms with Gasteiger partial charge in [-0.05, 0) is 29.8 Å². The second kappa shape index (κ2) is 7.12. The minimum atomic E-state index is -0.866. The summed E-state index contributed by atoms with van der Waals surface area (Å²) in [6.45, 7) is 2.91. The first kappa shape index (κ1) is 16.0. The van der Waals surface area contributed by atoms with Crippen molar-refractivity contribution < 1.29 is 19.4 Å². The van der Waals surface area contributed by atoms with Gasteiger partial charge in [0.2, 0.25) is 0 Å². The molecule has 1 aliphatic rings. The van der Waals surface area contributed by atoms with Crippen molar-refractivity contribution in [1.82, 2.24) is 4.90 Å². The number of hydrogen-bond donors (Lipinski definition) is 1. The average Bonchev–Trinajstić information content (AvgIpc) is 3.04. The monoisotopic (exact) mass is 333 g/mol. The third-order valence-corrected chi connectivity index (χ3v) is 5.03. The van der Waals surface area contributed by atoms with Gasteiger partial charge in [0.25, 0.3) is 0 Å². The summed E-state index contributed by atoms with van der Waals surface area (Å²) in [6, 6.07) is 11.8. The Hall–Kier alpha value is -1.89. The average molecular weight is 333 g/mol. The van der Waals surface area contributed by atoms with E-state index in [1.54, 1.807) is 13.2 Å². The first-order valence-corrected chi connectivity index (χ1v) is 8.27. The molecule has 1 aromatic heterocycles. The molecule has 1 fully saturated rings. The first-order chi connectivity index (χ1) is 11.2. The normalized spacial score (nSPS) is 18.7. The number of methoxy groups -OCH3 is 1. The molecule has 0 bridgehead atoms. The van der Waals surface area contributed by atoms with Gasteiger partial charge in [-0.1, -0.05) is 12.1 Å². The summed E-state index contributed by atoms with van der Waals surface area (Å²) in [4.78, 5) is 14.8. The van der Waals surface area contributed by atoms with Gasteiger partial charge in [-0.25, -0.2) is 4.79 Å². The van der Waals surface area contributed by atoms with Crippen molar-refractivity contribution in [2.75, 3.05) is 26.9 Å². The van der Waals surface area contributed by atoms with Crippen LogP contribution in [0.1, 0.15) is 26.2 Å².